The van der Waals surface area contributed by atoms with E-state index in [-0.39, 0.29) is 0 Å². The van der Waals surface area contributed by atoms with Gasteiger partial charge in [0.2, 0.25) is 0 Å². The lowest BCUT2D eigenvalue weighted by atomic mass is 10.2. The van der Waals surface area contributed by atoms with Crippen LogP contribution >= 0.6 is 0 Å². The summed E-state index contributed by atoms with van der Waals surface area (Å²) in [5.74, 6) is 3.21. The number of hydrogen-bond donors (Lipinski definition) is 2. The van der Waals surface area contributed by atoms with Gasteiger partial charge in [-0.1, -0.05) is 6.92 Å². The zero-order valence-electron chi connectivity index (χ0n) is 19.8. The quantitative estimate of drug-likeness (QED) is 0.439. The van der Waals surface area contributed by atoms with Gasteiger partial charge in [-0.2, -0.15) is 0 Å². The molecule has 2 unspecified atom stereocenters. The summed E-state index contributed by atoms with van der Waals surface area (Å²) in [4.78, 5) is 9.94. The fraction of sp³-hybridized carbons (Fsp3) is 0.708. The molecule has 0 amide bonds. The molecule has 0 aromatic heterocycles. The van der Waals surface area contributed by atoms with Crippen molar-refractivity contribution in [3.63, 3.8) is 0 Å². The first kappa shape index (κ1) is 23.7. The molecule has 2 aliphatic heterocycles. The summed E-state index contributed by atoms with van der Waals surface area (Å²) in [5.41, 5.74) is 1.22. The molecular formula is C24H41N5O2. The molecule has 2 atom stereocenters. The van der Waals surface area contributed by atoms with E-state index in [1.54, 1.807) is 14.2 Å². The second kappa shape index (κ2) is 12.2. The Morgan fingerprint density at radius 1 is 1.10 bits per heavy atom. The van der Waals surface area contributed by atoms with E-state index < -0.39 is 0 Å². The molecule has 0 radical (unpaired) electrons. The van der Waals surface area contributed by atoms with Gasteiger partial charge in [0.1, 0.15) is 11.5 Å². The van der Waals surface area contributed by atoms with Gasteiger partial charge in [-0.25, -0.2) is 0 Å². The number of rotatable bonds is 10. The van der Waals surface area contributed by atoms with Crippen molar-refractivity contribution in [2.24, 2.45) is 10.9 Å². The van der Waals surface area contributed by atoms with Gasteiger partial charge in [0.25, 0.3) is 0 Å². The van der Waals surface area contributed by atoms with Crippen LogP contribution in [0.1, 0.15) is 38.7 Å². The lowest BCUT2D eigenvalue weighted by molar-refractivity contribution is 0.291. The monoisotopic (exact) mass is 431 g/mol. The molecule has 2 N–H and O–H groups in total. The van der Waals surface area contributed by atoms with E-state index in [2.05, 4.69) is 46.4 Å². The highest BCUT2D eigenvalue weighted by atomic mass is 16.5. The van der Waals surface area contributed by atoms with Gasteiger partial charge in [0.15, 0.2) is 5.96 Å². The maximum Gasteiger partial charge on any atom is 0.191 e. The second-order valence-corrected chi connectivity index (χ2v) is 8.92. The smallest absolute Gasteiger partial charge is 0.191 e. The standard InChI is InChI=1S/C24H41N5O2/c1-5-25-24(26-15-19(2)16-28-9-6-7-10-28)27-21-8-11-29(18-21)17-20-12-22(30-3)14-23(13-20)31-4/h12-14,19,21H,5-11,15-18H2,1-4H3,(H2,25,26,27). The number of guanidine groups is 1. The molecule has 7 nitrogen and oxygen atoms in total. The highest BCUT2D eigenvalue weighted by Crippen LogP contribution is 2.24. The van der Waals surface area contributed by atoms with E-state index in [4.69, 9.17) is 14.5 Å². The minimum Gasteiger partial charge on any atom is -0.497 e. The van der Waals surface area contributed by atoms with Crippen LogP contribution in [0.15, 0.2) is 23.2 Å². The molecule has 174 valence electrons. The fourth-order valence-electron chi connectivity index (χ4n) is 4.53. The number of ether oxygens (including phenoxy) is 2. The van der Waals surface area contributed by atoms with Gasteiger partial charge in [0, 0.05) is 51.4 Å². The predicted molar refractivity (Wildman–Crippen MR) is 127 cm³/mol. The number of aliphatic imine (C=N–C) groups is 1. The van der Waals surface area contributed by atoms with Crippen molar-refractivity contribution in [2.75, 3.05) is 60.0 Å². The zero-order chi connectivity index (χ0) is 22.1. The SMILES string of the molecule is CCNC(=NCC(C)CN1CCCC1)NC1CCN(Cc2cc(OC)cc(OC)c2)C1. The lowest BCUT2D eigenvalue weighted by Gasteiger charge is -2.21. The van der Waals surface area contributed by atoms with Crippen LogP contribution in [-0.4, -0.2) is 81.8 Å². The molecule has 0 saturated carbocycles. The summed E-state index contributed by atoms with van der Waals surface area (Å²) in [6.45, 7) is 12.8. The molecule has 1 aromatic carbocycles. The first-order chi connectivity index (χ1) is 15.1. The van der Waals surface area contributed by atoms with Crippen LogP contribution in [-0.2, 0) is 6.54 Å². The van der Waals surface area contributed by atoms with Gasteiger partial charge >= 0.3 is 0 Å². The summed E-state index contributed by atoms with van der Waals surface area (Å²) >= 11 is 0. The Bertz CT molecular complexity index is 683. The van der Waals surface area contributed by atoms with Crippen LogP contribution in [0.3, 0.4) is 0 Å². The maximum atomic E-state index is 5.41. The van der Waals surface area contributed by atoms with E-state index in [9.17, 15) is 0 Å². The molecule has 1 aromatic rings. The average Bonchev–Trinajstić information content (AvgIpc) is 3.44. The number of nitrogens with one attached hydrogen (secondary N) is 2. The van der Waals surface area contributed by atoms with E-state index in [1.807, 2.05) is 6.07 Å². The predicted octanol–water partition coefficient (Wildman–Crippen LogP) is 2.57. The Balaban J connectivity index is 1.49. The van der Waals surface area contributed by atoms with Crippen LogP contribution < -0.4 is 20.1 Å². The summed E-state index contributed by atoms with van der Waals surface area (Å²) < 4.78 is 10.8. The summed E-state index contributed by atoms with van der Waals surface area (Å²) in [7, 11) is 3.39. The summed E-state index contributed by atoms with van der Waals surface area (Å²) in [6, 6.07) is 6.52. The van der Waals surface area contributed by atoms with Crippen molar-refractivity contribution >= 4 is 5.96 Å². The van der Waals surface area contributed by atoms with Gasteiger partial charge in [0.05, 0.1) is 14.2 Å². The van der Waals surface area contributed by atoms with E-state index >= 15 is 0 Å². The van der Waals surface area contributed by atoms with Crippen molar-refractivity contribution in [1.29, 1.82) is 0 Å². The van der Waals surface area contributed by atoms with E-state index in [0.29, 0.717) is 12.0 Å². The van der Waals surface area contributed by atoms with Gasteiger partial charge < -0.3 is 25.0 Å². The molecule has 2 heterocycles. The average molecular weight is 432 g/mol. The highest BCUT2D eigenvalue weighted by Gasteiger charge is 2.24. The van der Waals surface area contributed by atoms with Crippen LogP contribution in [0.25, 0.3) is 0 Å². The van der Waals surface area contributed by atoms with Crippen molar-refractivity contribution in [1.82, 2.24) is 20.4 Å². The van der Waals surface area contributed by atoms with Gasteiger partial charge in [-0.15, -0.1) is 0 Å². The zero-order valence-corrected chi connectivity index (χ0v) is 19.8. The number of methoxy groups -OCH3 is 2. The van der Waals surface area contributed by atoms with Crippen molar-refractivity contribution in [2.45, 2.75) is 45.7 Å². The van der Waals surface area contributed by atoms with Crippen LogP contribution in [0.5, 0.6) is 11.5 Å². The van der Waals surface area contributed by atoms with Crippen molar-refractivity contribution < 1.29 is 9.47 Å². The lowest BCUT2D eigenvalue weighted by Crippen LogP contribution is -2.45. The topological polar surface area (TPSA) is 61.4 Å². The van der Waals surface area contributed by atoms with Gasteiger partial charge in [-0.3, -0.25) is 9.89 Å². The number of nitrogens with zero attached hydrogens (tertiary/aromatic N) is 3. The largest absolute Gasteiger partial charge is 0.497 e. The van der Waals surface area contributed by atoms with Crippen LogP contribution in [0.4, 0.5) is 0 Å². The molecule has 0 spiro atoms. The summed E-state index contributed by atoms with van der Waals surface area (Å²) in [6.07, 6.45) is 3.82. The Morgan fingerprint density at radius 3 is 2.45 bits per heavy atom. The molecule has 0 bridgehead atoms. The third kappa shape index (κ3) is 7.58. The van der Waals surface area contributed by atoms with Crippen molar-refractivity contribution in [3.8, 4) is 11.5 Å². The molecule has 0 aliphatic carbocycles. The molecule has 3 rings (SSSR count). The molecule has 7 heteroatoms. The molecule has 2 saturated heterocycles. The molecule has 2 fully saturated rings. The third-order valence-corrected chi connectivity index (χ3v) is 6.10. The van der Waals surface area contributed by atoms with E-state index in [1.165, 1.54) is 31.5 Å². The number of hydrogen-bond acceptors (Lipinski definition) is 5. The van der Waals surface area contributed by atoms with Crippen LogP contribution in [0.2, 0.25) is 0 Å². The molecular weight excluding hydrogens is 390 g/mol. The van der Waals surface area contributed by atoms with Crippen molar-refractivity contribution in [3.05, 3.63) is 23.8 Å². The summed E-state index contributed by atoms with van der Waals surface area (Å²) in [5, 5.41) is 7.09. The molecule has 31 heavy (non-hydrogen) atoms. The van der Waals surface area contributed by atoms with E-state index in [0.717, 1.165) is 63.1 Å². The minimum atomic E-state index is 0.416. The highest BCUT2D eigenvalue weighted by molar-refractivity contribution is 5.80. The van der Waals surface area contributed by atoms with Crippen LogP contribution in [0, 0.1) is 5.92 Å². The first-order valence-corrected chi connectivity index (χ1v) is 11.8. The maximum absolute atomic E-state index is 5.41. The fourth-order valence-corrected chi connectivity index (χ4v) is 4.53. The Morgan fingerprint density at radius 2 is 1.81 bits per heavy atom. The normalized spacial score (nSPS) is 21.3. The minimum absolute atomic E-state index is 0.416. The molecule has 2 aliphatic rings. The Hall–Kier alpha value is -1.99. The number of benzene rings is 1. The number of likely N-dealkylation sites (tertiary alicyclic amines) is 2. The third-order valence-electron chi connectivity index (χ3n) is 6.10. The van der Waals surface area contributed by atoms with Gasteiger partial charge in [-0.05, 0) is 62.9 Å². The Kier molecular flexibility index (Phi) is 9.28. The first-order valence-electron chi connectivity index (χ1n) is 11.8. The Labute approximate surface area is 188 Å². The second-order valence-electron chi connectivity index (χ2n) is 8.92.